The van der Waals surface area contributed by atoms with Gasteiger partial charge < -0.3 is 9.64 Å². The number of carbonyl (C=O) groups excluding carboxylic acids is 1. The van der Waals surface area contributed by atoms with Gasteiger partial charge >= 0.3 is 5.97 Å². The van der Waals surface area contributed by atoms with E-state index >= 15 is 0 Å². The number of hydrogen-bond acceptors (Lipinski definition) is 8. The largest absolute Gasteiger partial charge is 0.462 e. The number of tetrazole rings is 1. The van der Waals surface area contributed by atoms with Crippen LogP contribution in [0.4, 0.5) is 5.82 Å². The monoisotopic (exact) mass is 485 g/mol. The smallest absolute Gasteiger partial charge is 0.343 e. The minimum absolute atomic E-state index is 0.301. The molecule has 0 saturated heterocycles. The molecule has 0 atom stereocenters. The molecule has 0 spiro atoms. The van der Waals surface area contributed by atoms with Gasteiger partial charge in [-0.05, 0) is 46.9 Å². The maximum Gasteiger partial charge on any atom is 0.343 e. The van der Waals surface area contributed by atoms with E-state index < -0.39 is 5.97 Å². The van der Waals surface area contributed by atoms with Crippen LogP contribution >= 0.6 is 0 Å². The van der Waals surface area contributed by atoms with E-state index in [0.29, 0.717) is 30.4 Å². The molecule has 0 aliphatic carbocycles. The predicted molar refractivity (Wildman–Crippen MR) is 138 cm³/mol. The van der Waals surface area contributed by atoms with Crippen LogP contribution in [0.15, 0.2) is 54.7 Å². The van der Waals surface area contributed by atoms with Crippen LogP contribution in [0.1, 0.15) is 55.4 Å². The fraction of sp³-hybridized carbons (Fsp3) is 0.333. The van der Waals surface area contributed by atoms with Gasteiger partial charge in [-0.25, -0.2) is 19.9 Å². The van der Waals surface area contributed by atoms with Gasteiger partial charge in [0.1, 0.15) is 17.2 Å². The summed E-state index contributed by atoms with van der Waals surface area (Å²) in [5.74, 6) is 1.59. The van der Waals surface area contributed by atoms with Crippen molar-refractivity contribution < 1.29 is 9.53 Å². The number of hydrogen-bond donors (Lipinski definition) is 1. The van der Waals surface area contributed by atoms with Crippen molar-refractivity contribution in [2.75, 3.05) is 18.1 Å². The number of aromatic amines is 1. The van der Waals surface area contributed by atoms with Gasteiger partial charge in [0.15, 0.2) is 5.82 Å². The minimum atomic E-state index is -0.398. The van der Waals surface area contributed by atoms with E-state index in [1.54, 1.807) is 13.1 Å². The fourth-order valence-corrected chi connectivity index (χ4v) is 4.10. The number of benzene rings is 2. The van der Waals surface area contributed by atoms with Crippen molar-refractivity contribution in [3.05, 3.63) is 71.7 Å². The molecule has 9 nitrogen and oxygen atoms in total. The Morgan fingerprint density at radius 1 is 1.00 bits per heavy atom. The van der Waals surface area contributed by atoms with Crippen LogP contribution < -0.4 is 4.90 Å². The molecule has 4 rings (SSSR count). The zero-order valence-corrected chi connectivity index (χ0v) is 20.9. The molecule has 1 N–H and O–H groups in total. The van der Waals surface area contributed by atoms with Gasteiger partial charge in [-0.15, -0.1) is 5.10 Å². The number of nitrogens with zero attached hydrogens (tertiary/aromatic N) is 6. The number of ether oxygens (including phenoxy) is 1. The molecular weight excluding hydrogens is 454 g/mol. The Kier molecular flexibility index (Phi) is 8.33. The standard InChI is InChI=1S/C27H31N7O2/c1-4-9-24-28-17-23(27(35)36-6-3)26(29-24)34(16-5-2)18-19-12-14-20(15-13-19)21-10-7-8-11-22(21)25-30-32-33-31-25/h7-8,10-15,17H,4-6,9,16,18H2,1-3H3,(H,30,31,32,33). The second-order valence-corrected chi connectivity index (χ2v) is 8.41. The van der Waals surface area contributed by atoms with Gasteiger partial charge in [0.25, 0.3) is 0 Å². The first-order chi connectivity index (χ1) is 17.6. The summed E-state index contributed by atoms with van der Waals surface area (Å²) in [5.41, 5.74) is 4.55. The number of aromatic nitrogens is 6. The summed E-state index contributed by atoms with van der Waals surface area (Å²) in [6.45, 7) is 7.66. The topological polar surface area (TPSA) is 110 Å². The summed E-state index contributed by atoms with van der Waals surface area (Å²) in [5, 5.41) is 14.3. The Bertz CT molecular complexity index is 1270. The van der Waals surface area contributed by atoms with Crippen LogP contribution in [0.25, 0.3) is 22.5 Å². The molecule has 2 heterocycles. The lowest BCUT2D eigenvalue weighted by atomic mass is 9.98. The molecule has 0 radical (unpaired) electrons. The summed E-state index contributed by atoms with van der Waals surface area (Å²) in [6, 6.07) is 16.4. The summed E-state index contributed by atoms with van der Waals surface area (Å²) < 4.78 is 5.29. The highest BCUT2D eigenvalue weighted by Crippen LogP contribution is 2.30. The second kappa shape index (κ2) is 12.0. The van der Waals surface area contributed by atoms with E-state index in [9.17, 15) is 4.79 Å². The van der Waals surface area contributed by atoms with Gasteiger partial charge in [-0.3, -0.25) is 0 Å². The molecule has 0 unspecified atom stereocenters. The molecule has 0 fully saturated rings. The molecule has 0 aliphatic rings. The van der Waals surface area contributed by atoms with Crippen molar-refractivity contribution in [3.63, 3.8) is 0 Å². The first-order valence-electron chi connectivity index (χ1n) is 12.3. The SMILES string of the molecule is CCCc1ncc(C(=O)OCC)c(N(CCC)Cc2ccc(-c3ccccc3-c3nnn[nH]3)cc2)n1. The van der Waals surface area contributed by atoms with Gasteiger partial charge in [-0.1, -0.05) is 62.4 Å². The summed E-state index contributed by atoms with van der Waals surface area (Å²) >= 11 is 0. The third kappa shape index (κ3) is 5.73. The number of rotatable bonds is 11. The Labute approximate surface area is 210 Å². The molecular formula is C27H31N7O2. The number of nitrogens with one attached hydrogen (secondary N) is 1. The third-order valence-electron chi connectivity index (χ3n) is 5.75. The fourth-order valence-electron chi connectivity index (χ4n) is 4.10. The van der Waals surface area contributed by atoms with Crippen LogP contribution in [0.2, 0.25) is 0 Å². The van der Waals surface area contributed by atoms with Crippen LogP contribution in [-0.4, -0.2) is 49.7 Å². The summed E-state index contributed by atoms with van der Waals surface area (Å²) in [6.07, 6.45) is 4.20. The van der Waals surface area contributed by atoms with Crippen molar-refractivity contribution in [1.29, 1.82) is 0 Å². The lowest BCUT2D eigenvalue weighted by Crippen LogP contribution is -2.28. The highest BCUT2D eigenvalue weighted by molar-refractivity contribution is 5.94. The Morgan fingerprint density at radius 2 is 1.78 bits per heavy atom. The van der Waals surface area contributed by atoms with E-state index in [1.165, 1.54) is 0 Å². The van der Waals surface area contributed by atoms with Crippen molar-refractivity contribution in [1.82, 2.24) is 30.6 Å². The summed E-state index contributed by atoms with van der Waals surface area (Å²) in [4.78, 5) is 24.0. The molecule has 0 saturated carbocycles. The Balaban J connectivity index is 1.63. The molecule has 186 valence electrons. The summed E-state index contributed by atoms with van der Waals surface area (Å²) in [7, 11) is 0. The van der Waals surface area contributed by atoms with Gasteiger partial charge in [0, 0.05) is 31.3 Å². The van der Waals surface area contributed by atoms with Crippen molar-refractivity contribution in [2.24, 2.45) is 0 Å². The molecule has 0 aliphatic heterocycles. The first-order valence-corrected chi connectivity index (χ1v) is 12.3. The number of carbonyl (C=O) groups is 1. The zero-order valence-electron chi connectivity index (χ0n) is 20.9. The lowest BCUT2D eigenvalue weighted by Gasteiger charge is -2.25. The van der Waals surface area contributed by atoms with Crippen LogP contribution in [0, 0.1) is 0 Å². The first kappa shape index (κ1) is 25.0. The predicted octanol–water partition coefficient (Wildman–Crippen LogP) is 4.87. The number of aryl methyl sites for hydroxylation is 1. The number of esters is 1. The molecule has 36 heavy (non-hydrogen) atoms. The van der Waals surface area contributed by atoms with Gasteiger partial charge in [-0.2, -0.15) is 0 Å². The minimum Gasteiger partial charge on any atom is -0.462 e. The molecule has 0 bridgehead atoms. The van der Waals surface area contributed by atoms with E-state index in [0.717, 1.165) is 53.9 Å². The lowest BCUT2D eigenvalue weighted by molar-refractivity contribution is 0.0526. The molecule has 2 aromatic heterocycles. The molecule has 0 amide bonds. The maximum absolute atomic E-state index is 12.7. The van der Waals surface area contributed by atoms with E-state index in [4.69, 9.17) is 9.72 Å². The third-order valence-corrected chi connectivity index (χ3v) is 5.75. The highest BCUT2D eigenvalue weighted by atomic mass is 16.5. The normalized spacial score (nSPS) is 10.9. The van der Waals surface area contributed by atoms with Crippen molar-refractivity contribution in [2.45, 2.75) is 46.6 Å². The van der Waals surface area contributed by atoms with E-state index in [-0.39, 0.29) is 0 Å². The second-order valence-electron chi connectivity index (χ2n) is 8.41. The average Bonchev–Trinajstić information content (AvgIpc) is 3.44. The van der Waals surface area contributed by atoms with Crippen LogP contribution in [0.5, 0.6) is 0 Å². The molecule has 9 heteroatoms. The molecule has 4 aromatic rings. The van der Waals surface area contributed by atoms with Gasteiger partial charge in [0.05, 0.1) is 6.61 Å². The Hall–Kier alpha value is -4.14. The zero-order chi connectivity index (χ0) is 25.3. The highest BCUT2D eigenvalue weighted by Gasteiger charge is 2.21. The van der Waals surface area contributed by atoms with Crippen molar-refractivity contribution in [3.8, 4) is 22.5 Å². The average molecular weight is 486 g/mol. The maximum atomic E-state index is 12.7. The Morgan fingerprint density at radius 3 is 2.44 bits per heavy atom. The number of anilines is 1. The van der Waals surface area contributed by atoms with Crippen LogP contribution in [0.3, 0.4) is 0 Å². The quantitative estimate of drug-likeness (QED) is 0.300. The van der Waals surface area contributed by atoms with Gasteiger partial charge in [0.2, 0.25) is 0 Å². The molecule has 2 aromatic carbocycles. The van der Waals surface area contributed by atoms with E-state index in [2.05, 4.69) is 74.7 Å². The van der Waals surface area contributed by atoms with E-state index in [1.807, 2.05) is 18.2 Å². The van der Waals surface area contributed by atoms with Crippen LogP contribution in [-0.2, 0) is 17.7 Å². The number of H-pyrrole nitrogens is 1. The van der Waals surface area contributed by atoms with Crippen molar-refractivity contribution >= 4 is 11.8 Å².